The molecule has 112 valence electrons. The van der Waals surface area contributed by atoms with Crippen molar-refractivity contribution in [2.75, 3.05) is 13.2 Å². The van der Waals surface area contributed by atoms with Gasteiger partial charge < -0.3 is 10.1 Å². The van der Waals surface area contributed by atoms with Gasteiger partial charge >= 0.3 is 0 Å². The molecule has 0 aliphatic carbocycles. The number of benzene rings is 1. The molecular weight excluding hydrogens is 276 g/mol. The Hall–Kier alpha value is -0.950. The van der Waals surface area contributed by atoms with Crippen LogP contribution in [0.5, 0.6) is 0 Å². The molecule has 5 nitrogen and oxygen atoms in total. The van der Waals surface area contributed by atoms with E-state index in [1.807, 2.05) is 0 Å². The van der Waals surface area contributed by atoms with Crippen LogP contribution < -0.4 is 10.5 Å². The van der Waals surface area contributed by atoms with Crippen molar-refractivity contribution >= 4 is 10.0 Å². The van der Waals surface area contributed by atoms with E-state index in [0.29, 0.717) is 0 Å². The first-order chi connectivity index (χ1) is 9.47. The predicted octanol–water partition coefficient (Wildman–Crippen LogP) is 1.55. The van der Waals surface area contributed by atoms with E-state index < -0.39 is 10.0 Å². The Bertz CT molecular complexity index is 522. The molecule has 0 spiro atoms. The van der Waals surface area contributed by atoms with Gasteiger partial charge in [-0.05, 0) is 43.9 Å². The molecule has 0 amide bonds. The van der Waals surface area contributed by atoms with Crippen LogP contribution in [0.15, 0.2) is 29.2 Å². The summed E-state index contributed by atoms with van der Waals surface area (Å²) in [5, 5.41) is 8.50. The van der Waals surface area contributed by atoms with Gasteiger partial charge in [-0.15, -0.1) is 0 Å². The van der Waals surface area contributed by atoms with Gasteiger partial charge in [0.2, 0.25) is 10.0 Å². The van der Waals surface area contributed by atoms with Crippen LogP contribution in [-0.2, 0) is 14.8 Å². The first-order valence-electron chi connectivity index (χ1n) is 6.94. The zero-order valence-corrected chi connectivity index (χ0v) is 12.5. The Balaban J connectivity index is 1.90. The summed E-state index contributed by atoms with van der Waals surface area (Å²) in [6.45, 7) is 3.72. The molecule has 1 heterocycles. The molecule has 1 aromatic rings. The van der Waals surface area contributed by atoms with E-state index in [2.05, 4.69) is 12.2 Å². The highest BCUT2D eigenvalue weighted by Gasteiger charge is 2.15. The van der Waals surface area contributed by atoms with Crippen LogP contribution in [0.4, 0.5) is 0 Å². The quantitative estimate of drug-likeness (QED) is 0.864. The molecule has 1 aromatic carbocycles. The second-order valence-corrected chi connectivity index (χ2v) is 6.79. The van der Waals surface area contributed by atoms with E-state index in [9.17, 15) is 8.42 Å². The van der Waals surface area contributed by atoms with Crippen LogP contribution in [0, 0.1) is 0 Å². The van der Waals surface area contributed by atoms with Crippen LogP contribution in [0.2, 0.25) is 0 Å². The van der Waals surface area contributed by atoms with Gasteiger partial charge in [0.05, 0.1) is 11.0 Å². The summed E-state index contributed by atoms with van der Waals surface area (Å²) in [5.41, 5.74) is 1.04. The van der Waals surface area contributed by atoms with Crippen LogP contribution in [-0.4, -0.2) is 27.7 Å². The topological polar surface area (TPSA) is 81.4 Å². The second kappa shape index (κ2) is 6.67. The number of ether oxygens (including phenoxy) is 1. The fraction of sp³-hybridized carbons (Fsp3) is 0.571. The van der Waals surface area contributed by atoms with Crippen LogP contribution >= 0.6 is 0 Å². The number of hydrogen-bond acceptors (Lipinski definition) is 4. The van der Waals surface area contributed by atoms with Crippen molar-refractivity contribution in [3.8, 4) is 0 Å². The molecule has 1 saturated heterocycles. The van der Waals surface area contributed by atoms with Crippen molar-refractivity contribution in [2.45, 2.75) is 43.2 Å². The Morgan fingerprint density at radius 3 is 2.60 bits per heavy atom. The maximum atomic E-state index is 11.2. The summed E-state index contributed by atoms with van der Waals surface area (Å²) in [6.07, 6.45) is 3.77. The predicted molar refractivity (Wildman–Crippen MR) is 77.8 cm³/mol. The molecule has 6 heteroatoms. The third kappa shape index (κ3) is 4.28. The highest BCUT2D eigenvalue weighted by molar-refractivity contribution is 7.89. The van der Waals surface area contributed by atoms with Gasteiger partial charge in [0.25, 0.3) is 0 Å². The molecule has 1 fully saturated rings. The molecule has 0 aromatic heterocycles. The van der Waals surface area contributed by atoms with Crippen molar-refractivity contribution in [3.05, 3.63) is 29.8 Å². The Morgan fingerprint density at radius 1 is 1.35 bits per heavy atom. The number of nitrogens with one attached hydrogen (secondary N) is 1. The number of rotatable bonds is 5. The summed E-state index contributed by atoms with van der Waals surface area (Å²) < 4.78 is 28.1. The van der Waals surface area contributed by atoms with Gasteiger partial charge in [0, 0.05) is 19.2 Å². The zero-order valence-electron chi connectivity index (χ0n) is 11.7. The van der Waals surface area contributed by atoms with Gasteiger partial charge in [-0.25, -0.2) is 13.6 Å². The van der Waals surface area contributed by atoms with E-state index in [1.165, 1.54) is 6.42 Å². The molecule has 1 aliphatic heterocycles. The third-order valence-electron chi connectivity index (χ3n) is 3.63. The molecule has 0 radical (unpaired) electrons. The lowest BCUT2D eigenvalue weighted by Gasteiger charge is -2.25. The van der Waals surface area contributed by atoms with E-state index in [0.717, 1.165) is 31.6 Å². The normalized spacial score (nSPS) is 21.6. The van der Waals surface area contributed by atoms with Crippen molar-refractivity contribution in [1.29, 1.82) is 0 Å². The third-order valence-corrected chi connectivity index (χ3v) is 4.56. The molecule has 2 unspecified atom stereocenters. The minimum absolute atomic E-state index is 0.143. The molecule has 0 bridgehead atoms. The van der Waals surface area contributed by atoms with E-state index >= 15 is 0 Å². The molecule has 1 aliphatic rings. The van der Waals surface area contributed by atoms with Gasteiger partial charge in [-0.2, -0.15) is 0 Å². The maximum Gasteiger partial charge on any atom is 0.238 e. The maximum absolute atomic E-state index is 11.2. The average Bonchev–Trinajstić information content (AvgIpc) is 2.45. The van der Waals surface area contributed by atoms with Crippen LogP contribution in [0.25, 0.3) is 0 Å². The minimum atomic E-state index is -3.62. The van der Waals surface area contributed by atoms with Crippen molar-refractivity contribution in [2.24, 2.45) is 5.14 Å². The van der Waals surface area contributed by atoms with Gasteiger partial charge in [0.1, 0.15) is 0 Å². The van der Waals surface area contributed by atoms with Gasteiger partial charge in [0.15, 0.2) is 0 Å². The second-order valence-electron chi connectivity index (χ2n) is 5.23. The monoisotopic (exact) mass is 298 g/mol. The smallest absolute Gasteiger partial charge is 0.238 e. The highest BCUT2D eigenvalue weighted by atomic mass is 32.2. The summed E-state index contributed by atoms with van der Waals surface area (Å²) in [4.78, 5) is 0.143. The molecule has 0 saturated carbocycles. The zero-order chi connectivity index (χ0) is 14.6. The highest BCUT2D eigenvalue weighted by Crippen LogP contribution is 2.17. The van der Waals surface area contributed by atoms with Crippen molar-refractivity contribution in [3.63, 3.8) is 0 Å². The summed E-state index contributed by atoms with van der Waals surface area (Å²) in [7, 11) is -3.62. The number of primary sulfonamides is 1. The fourth-order valence-corrected chi connectivity index (χ4v) is 2.86. The SMILES string of the molecule is CC(NCC1CCCCO1)c1ccc(S(N)(=O)=O)cc1. The standard InChI is InChI=1S/C14H22N2O3S/c1-11(16-10-13-4-2-3-9-19-13)12-5-7-14(8-6-12)20(15,17)18/h5-8,11,13,16H,2-4,9-10H2,1H3,(H2,15,17,18). The lowest BCUT2D eigenvalue weighted by molar-refractivity contribution is 0.0156. The first kappa shape index (κ1) is 15.4. The largest absolute Gasteiger partial charge is 0.377 e. The minimum Gasteiger partial charge on any atom is -0.377 e. The first-order valence-corrected chi connectivity index (χ1v) is 8.49. The lowest BCUT2D eigenvalue weighted by Crippen LogP contribution is -2.33. The summed E-state index contributed by atoms with van der Waals surface area (Å²) >= 11 is 0. The average molecular weight is 298 g/mol. The van der Waals surface area contributed by atoms with E-state index in [1.54, 1.807) is 24.3 Å². The molecule has 2 rings (SSSR count). The van der Waals surface area contributed by atoms with E-state index in [4.69, 9.17) is 9.88 Å². The Labute approximate surface area is 120 Å². The Morgan fingerprint density at radius 2 is 2.05 bits per heavy atom. The summed E-state index contributed by atoms with van der Waals surface area (Å²) in [6, 6.07) is 6.81. The van der Waals surface area contributed by atoms with Crippen LogP contribution in [0.1, 0.15) is 37.8 Å². The fourth-order valence-electron chi connectivity index (χ4n) is 2.34. The van der Waals surface area contributed by atoms with Crippen LogP contribution in [0.3, 0.4) is 0 Å². The van der Waals surface area contributed by atoms with Gasteiger partial charge in [-0.3, -0.25) is 0 Å². The molecule has 20 heavy (non-hydrogen) atoms. The Kier molecular flexibility index (Phi) is 5.15. The van der Waals surface area contributed by atoms with E-state index in [-0.39, 0.29) is 17.0 Å². The van der Waals surface area contributed by atoms with Gasteiger partial charge in [-0.1, -0.05) is 12.1 Å². The lowest BCUT2D eigenvalue weighted by atomic mass is 10.1. The number of nitrogens with two attached hydrogens (primary N) is 1. The van der Waals surface area contributed by atoms with Crippen molar-refractivity contribution < 1.29 is 13.2 Å². The molecule has 2 atom stereocenters. The molecule has 3 N–H and O–H groups in total. The summed E-state index contributed by atoms with van der Waals surface area (Å²) in [5.74, 6) is 0. The number of hydrogen-bond donors (Lipinski definition) is 2. The molecular formula is C14H22N2O3S. The number of sulfonamides is 1. The van der Waals surface area contributed by atoms with Crippen molar-refractivity contribution in [1.82, 2.24) is 5.32 Å².